The van der Waals surface area contributed by atoms with Crippen molar-refractivity contribution in [1.29, 1.82) is 0 Å². The molecule has 1 fully saturated rings. The van der Waals surface area contributed by atoms with Crippen LogP contribution in [-0.4, -0.2) is 44.8 Å². The fourth-order valence-electron chi connectivity index (χ4n) is 8.88. The van der Waals surface area contributed by atoms with Gasteiger partial charge in [-0.1, -0.05) is 89.7 Å². The molecule has 1 saturated heterocycles. The summed E-state index contributed by atoms with van der Waals surface area (Å²) in [4.78, 5) is 32.9. The molecule has 8 nitrogen and oxygen atoms in total. The fraction of sp³-hybridized carbons (Fsp3) is 0.256. The molecule has 0 aromatic heterocycles. The zero-order valence-electron chi connectivity index (χ0n) is 30.1. The highest BCUT2D eigenvalue weighted by Gasteiger charge is 2.66. The number of aliphatic hydroxyl groups is 1. The predicted molar refractivity (Wildman–Crippen MR) is 212 cm³/mol. The molecule has 3 aliphatic heterocycles. The van der Waals surface area contributed by atoms with Crippen molar-refractivity contribution in [3.63, 3.8) is 0 Å². The molecule has 5 aromatic carbocycles. The van der Waals surface area contributed by atoms with Gasteiger partial charge >= 0.3 is 0 Å². The molecule has 3 heterocycles. The van der Waals surface area contributed by atoms with E-state index in [0.717, 1.165) is 27.0 Å². The minimum absolute atomic E-state index is 0.0290. The highest BCUT2D eigenvalue weighted by Crippen LogP contribution is 2.60. The van der Waals surface area contributed by atoms with Crippen molar-refractivity contribution in [2.45, 2.75) is 50.2 Å². The van der Waals surface area contributed by atoms with Crippen LogP contribution < -0.4 is 24.5 Å². The van der Waals surface area contributed by atoms with Crippen LogP contribution in [0.2, 0.25) is 18.6 Å². The van der Waals surface area contributed by atoms with E-state index in [2.05, 4.69) is 48.1 Å². The monoisotopic (exact) mass is 788 g/mol. The standard InChI is InChI=1S/C43H41BrN2O6Si/c1-27-40(53(3,4)32-19-17-31(50-2)18-20-32)39(22-23-47)52-43(27)34-25-29(44)16-21-35(34)45(42(43)49)26-28-10-9-11-30(24-28)46-36-13-6-8-15-38(36)51-37-14-7-5-12-33(37)41(46)48/h5-21,24-25,27,39-40,47H,22-23,26H2,1-4H3/t27-,39+,40-,43+/m1/s1. The minimum Gasteiger partial charge on any atom is -0.497 e. The number of hydrogen-bond acceptors (Lipinski definition) is 6. The lowest BCUT2D eigenvalue weighted by Gasteiger charge is -2.37. The Bertz CT molecular complexity index is 2230. The summed E-state index contributed by atoms with van der Waals surface area (Å²) in [7, 11) is -0.650. The topological polar surface area (TPSA) is 88.5 Å². The van der Waals surface area contributed by atoms with E-state index in [1.54, 1.807) is 24.1 Å². The van der Waals surface area contributed by atoms with E-state index < -0.39 is 13.7 Å². The Kier molecular flexibility index (Phi) is 9.05. The summed E-state index contributed by atoms with van der Waals surface area (Å²) in [5, 5.41) is 11.5. The molecule has 5 aromatic rings. The molecule has 53 heavy (non-hydrogen) atoms. The van der Waals surface area contributed by atoms with E-state index in [9.17, 15) is 9.90 Å². The fourth-order valence-corrected chi connectivity index (χ4v) is 13.3. The van der Waals surface area contributed by atoms with E-state index in [1.807, 2.05) is 95.9 Å². The van der Waals surface area contributed by atoms with Crippen molar-refractivity contribution in [3.8, 4) is 17.2 Å². The van der Waals surface area contributed by atoms with Gasteiger partial charge in [0.25, 0.3) is 11.8 Å². The van der Waals surface area contributed by atoms with Gasteiger partial charge < -0.3 is 24.2 Å². The quantitative estimate of drug-likeness (QED) is 0.158. The Morgan fingerprint density at radius 3 is 2.36 bits per heavy atom. The molecule has 2 amide bonds. The second kappa shape index (κ2) is 13.6. The molecule has 10 heteroatoms. The minimum atomic E-state index is -2.31. The number of rotatable bonds is 8. The number of carbonyl (C=O) groups is 2. The molecule has 270 valence electrons. The van der Waals surface area contributed by atoms with Crippen LogP contribution in [0.5, 0.6) is 17.2 Å². The van der Waals surface area contributed by atoms with E-state index in [-0.39, 0.29) is 42.5 Å². The maximum Gasteiger partial charge on any atom is 0.266 e. The largest absolute Gasteiger partial charge is 0.497 e. The SMILES string of the molecule is COc1ccc([Si](C)(C)[C@H]2[C@H](CCO)O[C@@]3(C(=O)N(Cc4cccc(N5C(=O)c6ccccc6Oc6ccccc65)c4)c4ccc(Br)cc43)[C@@H]2C)cc1. The zero-order valence-corrected chi connectivity index (χ0v) is 32.7. The van der Waals surface area contributed by atoms with Crippen molar-refractivity contribution in [2.24, 2.45) is 5.92 Å². The molecule has 0 saturated carbocycles. The molecule has 0 radical (unpaired) electrons. The van der Waals surface area contributed by atoms with Gasteiger partial charge in [0.15, 0.2) is 11.4 Å². The first kappa shape index (κ1) is 35.3. The number of halogens is 1. The number of benzene rings is 5. The number of anilines is 3. The summed E-state index contributed by atoms with van der Waals surface area (Å²) in [5.41, 5.74) is 3.03. The van der Waals surface area contributed by atoms with Crippen molar-refractivity contribution >= 4 is 58.1 Å². The third kappa shape index (κ3) is 5.70. The number of para-hydroxylation sites is 3. The first-order chi connectivity index (χ1) is 25.6. The van der Waals surface area contributed by atoms with Crippen LogP contribution in [0.1, 0.15) is 34.8 Å². The van der Waals surface area contributed by atoms with E-state index in [1.165, 1.54) is 5.19 Å². The van der Waals surface area contributed by atoms with Crippen LogP contribution in [0.4, 0.5) is 17.1 Å². The Morgan fingerprint density at radius 1 is 0.868 bits per heavy atom. The summed E-state index contributed by atoms with van der Waals surface area (Å²) >= 11 is 3.69. The van der Waals surface area contributed by atoms with Gasteiger partial charge in [-0.25, -0.2) is 0 Å². The van der Waals surface area contributed by atoms with Crippen LogP contribution in [0.25, 0.3) is 0 Å². The van der Waals surface area contributed by atoms with Gasteiger partial charge in [-0.05, 0) is 84.3 Å². The lowest BCUT2D eigenvalue weighted by Crippen LogP contribution is -2.51. The van der Waals surface area contributed by atoms with Crippen molar-refractivity contribution in [2.75, 3.05) is 23.5 Å². The van der Waals surface area contributed by atoms with Crippen LogP contribution >= 0.6 is 15.9 Å². The van der Waals surface area contributed by atoms with Gasteiger partial charge in [0, 0.05) is 28.2 Å². The number of hydrogen-bond donors (Lipinski definition) is 1. The normalized spacial score (nSPS) is 22.0. The number of ether oxygens (including phenoxy) is 3. The third-order valence-electron chi connectivity index (χ3n) is 11.4. The molecule has 0 bridgehead atoms. The molecule has 1 spiro atoms. The smallest absolute Gasteiger partial charge is 0.266 e. The van der Waals surface area contributed by atoms with Gasteiger partial charge in [0.2, 0.25) is 0 Å². The summed E-state index contributed by atoms with van der Waals surface area (Å²) < 4.78 is 19.6. The average Bonchev–Trinajstić information content (AvgIpc) is 3.53. The van der Waals surface area contributed by atoms with Crippen LogP contribution in [0, 0.1) is 5.92 Å². The van der Waals surface area contributed by atoms with Crippen molar-refractivity contribution in [3.05, 3.63) is 136 Å². The Hall–Kier alpha value is -4.74. The number of nitrogens with zero attached hydrogens (tertiary/aromatic N) is 2. The highest BCUT2D eigenvalue weighted by molar-refractivity contribution is 9.10. The second-order valence-corrected chi connectivity index (χ2v) is 20.2. The molecule has 3 aliphatic rings. The van der Waals surface area contributed by atoms with Crippen LogP contribution in [0.15, 0.2) is 120 Å². The number of fused-ring (bicyclic) bond motifs is 4. The van der Waals surface area contributed by atoms with E-state index in [4.69, 9.17) is 14.2 Å². The summed E-state index contributed by atoms with van der Waals surface area (Å²) in [5.74, 6) is 1.36. The number of amides is 2. The Labute approximate surface area is 319 Å². The first-order valence-corrected chi connectivity index (χ1v) is 21.8. The highest BCUT2D eigenvalue weighted by atomic mass is 79.9. The average molecular weight is 790 g/mol. The maximum atomic E-state index is 15.2. The number of carbonyl (C=O) groups excluding carboxylic acids is 2. The molecule has 0 aliphatic carbocycles. The third-order valence-corrected chi connectivity index (χ3v) is 16.2. The van der Waals surface area contributed by atoms with Crippen LogP contribution in [0.3, 0.4) is 0 Å². The molecule has 0 unspecified atom stereocenters. The summed E-state index contributed by atoms with van der Waals surface area (Å²) in [6.45, 7) is 7.04. The predicted octanol–water partition coefficient (Wildman–Crippen LogP) is 8.69. The van der Waals surface area contributed by atoms with E-state index in [0.29, 0.717) is 34.9 Å². The number of methoxy groups -OCH3 is 1. The zero-order chi connectivity index (χ0) is 37.1. The van der Waals surface area contributed by atoms with E-state index >= 15 is 4.79 Å². The van der Waals surface area contributed by atoms with Gasteiger partial charge in [-0.3, -0.25) is 14.5 Å². The maximum absolute atomic E-state index is 15.2. The Morgan fingerprint density at radius 2 is 1.60 bits per heavy atom. The molecular formula is C43H41BrN2O6Si. The lowest BCUT2D eigenvalue weighted by atomic mass is 9.82. The second-order valence-electron chi connectivity index (χ2n) is 14.6. The van der Waals surface area contributed by atoms with Crippen molar-refractivity contribution in [1.82, 2.24) is 0 Å². The Balaban J connectivity index is 1.17. The lowest BCUT2D eigenvalue weighted by molar-refractivity contribution is -0.146. The van der Waals surface area contributed by atoms with Gasteiger partial charge in [-0.2, -0.15) is 0 Å². The van der Waals surface area contributed by atoms with Crippen LogP contribution in [-0.2, 0) is 21.7 Å². The first-order valence-electron chi connectivity index (χ1n) is 17.9. The molecular weight excluding hydrogens is 748 g/mol. The molecule has 8 rings (SSSR count). The number of aliphatic hydroxyl groups excluding tert-OH is 1. The van der Waals surface area contributed by atoms with Gasteiger partial charge in [0.05, 0.1) is 44.8 Å². The molecule has 1 N–H and O–H groups in total. The summed E-state index contributed by atoms with van der Waals surface area (Å²) in [6.07, 6.45) is 0.109. The summed E-state index contributed by atoms with van der Waals surface area (Å²) in [6, 6.07) is 36.8. The molecule has 4 atom stereocenters. The van der Waals surface area contributed by atoms with Gasteiger partial charge in [-0.15, -0.1) is 0 Å². The van der Waals surface area contributed by atoms with Crippen molar-refractivity contribution < 1.29 is 28.9 Å². The van der Waals surface area contributed by atoms with Gasteiger partial charge in [0.1, 0.15) is 11.5 Å².